The van der Waals surface area contributed by atoms with E-state index in [0.29, 0.717) is 6.54 Å². The van der Waals surface area contributed by atoms with Crippen LogP contribution in [0.3, 0.4) is 0 Å². The van der Waals surface area contributed by atoms with Crippen molar-refractivity contribution in [2.24, 2.45) is 5.73 Å². The molecule has 0 radical (unpaired) electrons. The van der Waals surface area contributed by atoms with Gasteiger partial charge in [0.25, 0.3) is 0 Å². The van der Waals surface area contributed by atoms with Crippen LogP contribution >= 0.6 is 0 Å². The monoisotopic (exact) mass is 174 g/mol. The van der Waals surface area contributed by atoms with Crippen molar-refractivity contribution >= 4 is 0 Å². The molecule has 2 nitrogen and oxygen atoms in total. The van der Waals surface area contributed by atoms with Crippen LogP contribution in [0.15, 0.2) is 18.2 Å². The van der Waals surface area contributed by atoms with Crippen LogP contribution in [0.5, 0.6) is 0 Å². The summed E-state index contributed by atoms with van der Waals surface area (Å²) in [5.74, 6) is 0. The Morgan fingerprint density at radius 2 is 2.00 bits per heavy atom. The minimum atomic E-state index is 0.637. The molecule has 13 heavy (non-hydrogen) atoms. The zero-order chi connectivity index (χ0) is 9.68. The highest BCUT2D eigenvalue weighted by Gasteiger charge is 1.98. The molecule has 0 aliphatic heterocycles. The molecule has 0 saturated heterocycles. The Morgan fingerprint density at radius 1 is 1.31 bits per heavy atom. The van der Waals surface area contributed by atoms with Gasteiger partial charge in [0.15, 0.2) is 0 Å². The molecule has 0 fully saturated rings. The second-order valence-electron chi connectivity index (χ2n) is 3.04. The number of hydrogen-bond donors (Lipinski definition) is 1. The lowest BCUT2D eigenvalue weighted by Gasteiger charge is -2.03. The maximum Gasteiger partial charge on any atom is 0.0991 e. The lowest BCUT2D eigenvalue weighted by Crippen LogP contribution is -2.03. The molecule has 0 unspecified atom stereocenters. The van der Waals surface area contributed by atoms with Crippen LogP contribution < -0.4 is 5.73 Å². The van der Waals surface area contributed by atoms with Gasteiger partial charge in [-0.3, -0.25) is 0 Å². The summed E-state index contributed by atoms with van der Waals surface area (Å²) in [4.78, 5) is 0. The Kier molecular flexibility index (Phi) is 3.48. The Labute approximate surface area is 79.0 Å². The van der Waals surface area contributed by atoms with Gasteiger partial charge < -0.3 is 5.73 Å². The van der Waals surface area contributed by atoms with E-state index < -0.39 is 0 Å². The summed E-state index contributed by atoms with van der Waals surface area (Å²) in [7, 11) is 0. The molecule has 1 aromatic carbocycles. The summed E-state index contributed by atoms with van der Waals surface area (Å²) < 4.78 is 0. The van der Waals surface area contributed by atoms with E-state index in [0.717, 1.165) is 18.4 Å². The number of nitrogens with zero attached hydrogens (tertiary/aromatic N) is 1. The third kappa shape index (κ3) is 2.57. The van der Waals surface area contributed by atoms with Gasteiger partial charge in [-0.15, -0.1) is 0 Å². The van der Waals surface area contributed by atoms with Crippen molar-refractivity contribution in [2.45, 2.75) is 19.8 Å². The van der Waals surface area contributed by atoms with E-state index in [1.54, 1.807) is 0 Å². The summed E-state index contributed by atoms with van der Waals surface area (Å²) in [5.41, 5.74) is 8.58. The van der Waals surface area contributed by atoms with Crippen molar-refractivity contribution in [2.75, 3.05) is 6.54 Å². The molecule has 0 saturated carbocycles. The van der Waals surface area contributed by atoms with Gasteiger partial charge in [0.2, 0.25) is 0 Å². The van der Waals surface area contributed by atoms with E-state index >= 15 is 0 Å². The second-order valence-corrected chi connectivity index (χ2v) is 3.04. The predicted octanol–water partition coefficient (Wildman–Crippen LogP) is 1.62. The number of nitrogens with two attached hydrogens (primary N) is 1. The minimum absolute atomic E-state index is 0.637. The first-order valence-electron chi connectivity index (χ1n) is 4.53. The van der Waals surface area contributed by atoms with Crippen LogP contribution in [0, 0.1) is 11.3 Å². The van der Waals surface area contributed by atoms with Crippen molar-refractivity contribution in [3.8, 4) is 6.07 Å². The molecule has 1 rings (SSSR count). The molecule has 2 heteroatoms. The van der Waals surface area contributed by atoms with Crippen molar-refractivity contribution in [1.29, 1.82) is 5.26 Å². The van der Waals surface area contributed by atoms with E-state index in [2.05, 4.69) is 19.1 Å². The molecule has 68 valence electrons. The van der Waals surface area contributed by atoms with Crippen LogP contribution in [0.25, 0.3) is 0 Å². The highest BCUT2D eigenvalue weighted by atomic mass is 14.5. The van der Waals surface area contributed by atoms with Gasteiger partial charge in [-0.1, -0.05) is 13.0 Å². The van der Waals surface area contributed by atoms with Crippen molar-refractivity contribution in [3.05, 3.63) is 34.9 Å². The highest BCUT2D eigenvalue weighted by molar-refractivity contribution is 5.37. The zero-order valence-electron chi connectivity index (χ0n) is 7.88. The van der Waals surface area contributed by atoms with Crippen LogP contribution in [0.2, 0.25) is 0 Å². The first-order valence-corrected chi connectivity index (χ1v) is 4.53. The van der Waals surface area contributed by atoms with Gasteiger partial charge in [-0.2, -0.15) is 5.26 Å². The van der Waals surface area contributed by atoms with Crippen molar-refractivity contribution in [1.82, 2.24) is 0 Å². The average molecular weight is 174 g/mol. The van der Waals surface area contributed by atoms with E-state index in [-0.39, 0.29) is 0 Å². The molecule has 0 bridgehead atoms. The Balaban J connectivity index is 3.01. The van der Waals surface area contributed by atoms with Crippen molar-refractivity contribution < 1.29 is 0 Å². The molecule has 0 aromatic heterocycles. The zero-order valence-corrected chi connectivity index (χ0v) is 7.88. The fraction of sp³-hybridized carbons (Fsp3) is 0.364. The lowest BCUT2D eigenvalue weighted by atomic mass is 10.0. The molecule has 0 amide bonds. The highest BCUT2D eigenvalue weighted by Crippen LogP contribution is 2.10. The van der Waals surface area contributed by atoms with Crippen LogP contribution in [-0.2, 0) is 12.8 Å². The molecule has 1 aromatic rings. The average Bonchev–Trinajstić information content (AvgIpc) is 2.17. The fourth-order valence-corrected chi connectivity index (χ4v) is 1.34. The SMILES string of the molecule is CCc1cc(C#N)cc(CCN)c1. The summed E-state index contributed by atoms with van der Waals surface area (Å²) in [6, 6.07) is 8.12. The van der Waals surface area contributed by atoms with Crippen LogP contribution in [0.1, 0.15) is 23.6 Å². The van der Waals surface area contributed by atoms with Gasteiger partial charge in [-0.05, 0) is 42.6 Å². The number of rotatable bonds is 3. The molecule has 0 heterocycles. The van der Waals surface area contributed by atoms with E-state index in [4.69, 9.17) is 11.0 Å². The first kappa shape index (κ1) is 9.76. The first-order chi connectivity index (χ1) is 6.30. The molecule has 2 N–H and O–H groups in total. The minimum Gasteiger partial charge on any atom is -0.330 e. The fourth-order valence-electron chi connectivity index (χ4n) is 1.34. The summed E-state index contributed by atoms with van der Waals surface area (Å²) >= 11 is 0. The Hall–Kier alpha value is -1.33. The normalized spacial score (nSPS) is 9.62. The van der Waals surface area contributed by atoms with E-state index in [9.17, 15) is 0 Å². The standard InChI is InChI=1S/C11H14N2/c1-2-9-5-10(3-4-12)7-11(6-9)8-13/h5-7H,2-4,12H2,1H3. The molecule has 0 aliphatic rings. The van der Waals surface area contributed by atoms with Gasteiger partial charge in [0, 0.05) is 0 Å². The predicted molar refractivity (Wildman–Crippen MR) is 53.3 cm³/mol. The van der Waals surface area contributed by atoms with Gasteiger partial charge in [-0.25, -0.2) is 0 Å². The second kappa shape index (κ2) is 4.64. The largest absolute Gasteiger partial charge is 0.330 e. The third-order valence-electron chi connectivity index (χ3n) is 2.02. The van der Waals surface area contributed by atoms with E-state index in [1.165, 1.54) is 11.1 Å². The maximum atomic E-state index is 8.77. The Bertz CT molecular complexity index is 323. The topological polar surface area (TPSA) is 49.8 Å². The Morgan fingerprint density at radius 3 is 2.54 bits per heavy atom. The molecule has 0 aliphatic carbocycles. The number of hydrogen-bond acceptors (Lipinski definition) is 2. The number of benzene rings is 1. The molecule has 0 spiro atoms. The molecular formula is C11H14N2. The summed E-state index contributed by atoms with van der Waals surface area (Å²) in [6.45, 7) is 2.72. The van der Waals surface area contributed by atoms with Crippen LogP contribution in [0.4, 0.5) is 0 Å². The lowest BCUT2D eigenvalue weighted by molar-refractivity contribution is 0.961. The number of nitriles is 1. The molecule has 0 atom stereocenters. The quantitative estimate of drug-likeness (QED) is 0.757. The smallest absolute Gasteiger partial charge is 0.0991 e. The van der Waals surface area contributed by atoms with Crippen molar-refractivity contribution in [3.63, 3.8) is 0 Å². The third-order valence-corrected chi connectivity index (χ3v) is 2.02. The van der Waals surface area contributed by atoms with E-state index in [1.807, 2.05) is 12.1 Å². The summed E-state index contributed by atoms with van der Waals surface area (Å²) in [6.07, 6.45) is 1.82. The maximum absolute atomic E-state index is 8.77. The van der Waals surface area contributed by atoms with Gasteiger partial charge >= 0.3 is 0 Å². The number of aryl methyl sites for hydroxylation is 1. The molecular weight excluding hydrogens is 160 g/mol. The van der Waals surface area contributed by atoms with Crippen LogP contribution in [-0.4, -0.2) is 6.54 Å². The van der Waals surface area contributed by atoms with Gasteiger partial charge in [0.1, 0.15) is 0 Å². The summed E-state index contributed by atoms with van der Waals surface area (Å²) in [5, 5.41) is 8.77. The van der Waals surface area contributed by atoms with Gasteiger partial charge in [0.05, 0.1) is 11.6 Å².